The van der Waals surface area contributed by atoms with Crippen LogP contribution in [0.25, 0.3) is 0 Å². The van der Waals surface area contributed by atoms with Crippen molar-refractivity contribution in [1.29, 1.82) is 0 Å². The van der Waals surface area contributed by atoms with Crippen molar-refractivity contribution >= 4 is 21.6 Å². The molecule has 3 aromatic rings. The molecule has 0 bridgehead atoms. The van der Waals surface area contributed by atoms with Crippen molar-refractivity contribution in [2.75, 3.05) is 37.2 Å². The van der Waals surface area contributed by atoms with E-state index in [1.165, 1.54) is 36.4 Å². The smallest absolute Gasteiger partial charge is 0.264 e. The monoisotopic (exact) mass is 528 g/mol. The van der Waals surface area contributed by atoms with Crippen LogP contribution < -0.4 is 23.8 Å². The number of carbonyl (C=O) groups is 1. The number of nitrogens with one attached hydrogen (secondary N) is 1. The highest BCUT2D eigenvalue weighted by Gasteiger charge is 2.29. The van der Waals surface area contributed by atoms with Gasteiger partial charge < -0.3 is 19.5 Å². The van der Waals surface area contributed by atoms with Crippen LogP contribution in [0.4, 0.5) is 10.1 Å². The molecule has 0 aromatic heterocycles. The van der Waals surface area contributed by atoms with E-state index >= 15 is 0 Å². The van der Waals surface area contributed by atoms with E-state index in [4.69, 9.17) is 14.2 Å². The van der Waals surface area contributed by atoms with E-state index in [9.17, 15) is 17.6 Å². The summed E-state index contributed by atoms with van der Waals surface area (Å²) >= 11 is 0. The third-order valence-corrected chi connectivity index (χ3v) is 7.45. The van der Waals surface area contributed by atoms with Crippen molar-refractivity contribution in [3.63, 3.8) is 0 Å². The minimum Gasteiger partial charge on any atom is -0.494 e. The maximum absolute atomic E-state index is 14.0. The Morgan fingerprint density at radius 2 is 1.78 bits per heavy atom. The predicted octanol–water partition coefficient (Wildman–Crippen LogP) is 3.94. The van der Waals surface area contributed by atoms with Gasteiger partial charge in [0.1, 0.15) is 31.3 Å². The number of carbonyl (C=O) groups excluding carboxylic acids is 1. The number of ether oxygens (including phenoxy) is 3. The summed E-state index contributed by atoms with van der Waals surface area (Å²) in [7, 11) is -4.22. The zero-order chi connectivity index (χ0) is 26.3. The molecular weight excluding hydrogens is 499 g/mol. The molecule has 0 aliphatic carbocycles. The van der Waals surface area contributed by atoms with Crippen LogP contribution in [0.5, 0.6) is 17.2 Å². The summed E-state index contributed by atoms with van der Waals surface area (Å²) in [5, 5.41) is 2.76. The molecule has 1 heterocycles. The Balaban J connectivity index is 1.44. The van der Waals surface area contributed by atoms with Gasteiger partial charge in [0.2, 0.25) is 5.91 Å². The van der Waals surface area contributed by atoms with Gasteiger partial charge in [-0.3, -0.25) is 9.10 Å². The number of hydrogen-bond donors (Lipinski definition) is 1. The van der Waals surface area contributed by atoms with Gasteiger partial charge >= 0.3 is 0 Å². The number of hydrogen-bond acceptors (Lipinski definition) is 6. The Morgan fingerprint density at radius 1 is 1.03 bits per heavy atom. The van der Waals surface area contributed by atoms with Crippen molar-refractivity contribution < 1.29 is 31.8 Å². The van der Waals surface area contributed by atoms with Crippen molar-refractivity contribution in [3.8, 4) is 17.2 Å². The summed E-state index contributed by atoms with van der Waals surface area (Å²) in [5.74, 6) is 0.418. The summed E-state index contributed by atoms with van der Waals surface area (Å²) < 4.78 is 58.4. The molecular formula is C27H29FN2O6S. The van der Waals surface area contributed by atoms with Crippen LogP contribution in [0.3, 0.4) is 0 Å². The Hall–Kier alpha value is -3.79. The molecule has 1 amide bonds. The number of benzene rings is 3. The van der Waals surface area contributed by atoms with Crippen LogP contribution in [-0.2, 0) is 21.2 Å². The fourth-order valence-corrected chi connectivity index (χ4v) is 5.31. The maximum atomic E-state index is 14.0. The van der Waals surface area contributed by atoms with Gasteiger partial charge in [0, 0.05) is 12.6 Å². The van der Waals surface area contributed by atoms with E-state index < -0.39 is 28.3 Å². The zero-order valence-electron chi connectivity index (χ0n) is 20.5. The number of sulfonamides is 1. The molecule has 1 N–H and O–H groups in total. The Bertz CT molecular complexity index is 1330. The van der Waals surface area contributed by atoms with Gasteiger partial charge in [-0.05, 0) is 67.8 Å². The molecule has 1 aliphatic heterocycles. The van der Waals surface area contributed by atoms with E-state index in [0.29, 0.717) is 44.3 Å². The largest absolute Gasteiger partial charge is 0.494 e. The van der Waals surface area contributed by atoms with Crippen molar-refractivity contribution in [1.82, 2.24) is 5.32 Å². The predicted molar refractivity (Wildman–Crippen MR) is 137 cm³/mol. The number of nitrogens with zero attached hydrogens (tertiary/aromatic N) is 1. The fourth-order valence-electron chi connectivity index (χ4n) is 3.88. The van der Waals surface area contributed by atoms with Gasteiger partial charge in [0.25, 0.3) is 10.0 Å². The third kappa shape index (κ3) is 6.71. The summed E-state index contributed by atoms with van der Waals surface area (Å²) in [6, 6.07) is 17.1. The second kappa shape index (κ2) is 12.0. The molecule has 0 saturated carbocycles. The molecule has 0 saturated heterocycles. The molecule has 0 fully saturated rings. The zero-order valence-corrected chi connectivity index (χ0v) is 21.3. The Labute approximate surface area is 216 Å². The number of amides is 1. The number of fused-ring (bicyclic) bond motifs is 1. The van der Waals surface area contributed by atoms with Crippen LogP contribution in [-0.4, -0.2) is 47.2 Å². The first kappa shape index (κ1) is 26.3. The minimum absolute atomic E-state index is 0.0411. The van der Waals surface area contributed by atoms with Crippen LogP contribution in [0.1, 0.15) is 18.9 Å². The maximum Gasteiger partial charge on any atom is 0.264 e. The topological polar surface area (TPSA) is 94.2 Å². The Kier molecular flexibility index (Phi) is 8.50. The molecule has 0 atom stereocenters. The number of anilines is 1. The standard InChI is InChI=1S/C27H29FN2O6S/c1-2-34-23-10-8-20(9-11-23)5-4-14-29-27(31)19-30(22-7-3-6-21(28)17-22)37(32,33)24-12-13-25-26(18-24)36-16-15-35-25/h3,6-13,17-18H,2,4-5,14-16,19H2,1H3,(H,29,31). The van der Waals surface area contributed by atoms with Gasteiger partial charge in [-0.25, -0.2) is 12.8 Å². The van der Waals surface area contributed by atoms with Gasteiger partial charge in [0.15, 0.2) is 11.5 Å². The lowest BCUT2D eigenvalue weighted by Crippen LogP contribution is -2.41. The number of aryl methyl sites for hydroxylation is 1. The third-order valence-electron chi connectivity index (χ3n) is 5.68. The average Bonchev–Trinajstić information content (AvgIpc) is 2.90. The van der Waals surface area contributed by atoms with Crippen LogP contribution in [0.2, 0.25) is 0 Å². The average molecular weight is 529 g/mol. The van der Waals surface area contributed by atoms with Crippen LogP contribution in [0.15, 0.2) is 71.6 Å². The first-order chi connectivity index (χ1) is 17.9. The second-order valence-electron chi connectivity index (χ2n) is 8.33. The van der Waals surface area contributed by atoms with Crippen molar-refractivity contribution in [2.45, 2.75) is 24.7 Å². The fraction of sp³-hybridized carbons (Fsp3) is 0.296. The highest BCUT2D eigenvalue weighted by atomic mass is 32.2. The molecule has 37 heavy (non-hydrogen) atoms. The lowest BCUT2D eigenvalue weighted by molar-refractivity contribution is -0.119. The van der Waals surface area contributed by atoms with Crippen molar-refractivity contribution in [2.24, 2.45) is 0 Å². The van der Waals surface area contributed by atoms with Gasteiger partial charge in [-0.2, -0.15) is 0 Å². The van der Waals surface area contributed by atoms with Gasteiger partial charge in [-0.1, -0.05) is 18.2 Å². The molecule has 0 spiro atoms. The van der Waals surface area contributed by atoms with E-state index in [2.05, 4.69) is 5.32 Å². The second-order valence-corrected chi connectivity index (χ2v) is 10.2. The van der Waals surface area contributed by atoms with Crippen LogP contribution in [0, 0.1) is 5.82 Å². The highest BCUT2D eigenvalue weighted by Crippen LogP contribution is 2.34. The first-order valence-corrected chi connectivity index (χ1v) is 13.5. The van der Waals surface area contributed by atoms with E-state index in [1.54, 1.807) is 0 Å². The quantitative estimate of drug-likeness (QED) is 0.379. The lowest BCUT2D eigenvalue weighted by Gasteiger charge is -2.25. The van der Waals surface area contributed by atoms with Crippen LogP contribution >= 0.6 is 0 Å². The van der Waals surface area contributed by atoms with Crippen molar-refractivity contribution in [3.05, 3.63) is 78.1 Å². The first-order valence-electron chi connectivity index (χ1n) is 12.0. The minimum atomic E-state index is -4.22. The SMILES string of the molecule is CCOc1ccc(CCCNC(=O)CN(c2cccc(F)c2)S(=O)(=O)c2ccc3c(c2)OCCO3)cc1. The summed E-state index contributed by atoms with van der Waals surface area (Å²) in [5.41, 5.74) is 1.14. The molecule has 3 aromatic carbocycles. The number of halogens is 1. The lowest BCUT2D eigenvalue weighted by atomic mass is 10.1. The molecule has 196 valence electrons. The number of rotatable bonds is 11. The summed E-state index contributed by atoms with van der Waals surface area (Å²) in [6.07, 6.45) is 1.39. The molecule has 0 radical (unpaired) electrons. The summed E-state index contributed by atoms with van der Waals surface area (Å²) in [6.45, 7) is 3.03. The molecule has 0 unspecified atom stereocenters. The molecule has 4 rings (SSSR count). The molecule has 10 heteroatoms. The summed E-state index contributed by atoms with van der Waals surface area (Å²) in [4.78, 5) is 12.7. The normalized spacial score (nSPS) is 12.6. The van der Waals surface area contributed by atoms with Gasteiger partial charge in [-0.15, -0.1) is 0 Å². The Morgan fingerprint density at radius 3 is 2.51 bits per heavy atom. The van der Waals surface area contributed by atoms with E-state index in [-0.39, 0.29) is 10.6 Å². The van der Waals surface area contributed by atoms with Gasteiger partial charge in [0.05, 0.1) is 17.2 Å². The molecule has 1 aliphatic rings. The molecule has 8 nitrogen and oxygen atoms in total. The van der Waals surface area contributed by atoms with E-state index in [0.717, 1.165) is 28.1 Å². The highest BCUT2D eigenvalue weighted by molar-refractivity contribution is 7.92. The van der Waals surface area contributed by atoms with E-state index in [1.807, 2.05) is 31.2 Å².